The maximum atomic E-state index is 17.7. The van der Waals surface area contributed by atoms with Crippen LogP contribution in [0, 0.1) is 28.4 Å². The number of hydrogen-bond acceptors (Lipinski definition) is 12. The number of amides is 2. The molecule has 2 amide bonds. The summed E-state index contributed by atoms with van der Waals surface area (Å²) in [5, 5.41) is 12.0. The molecule has 342 valence electrons. The van der Waals surface area contributed by atoms with Crippen LogP contribution in [0.15, 0.2) is 48.5 Å². The third-order valence-corrected chi connectivity index (χ3v) is 13.7. The Morgan fingerprint density at radius 1 is 1.09 bits per heavy atom. The number of benzene rings is 3. The highest BCUT2D eigenvalue weighted by atomic mass is 32.1. The van der Waals surface area contributed by atoms with Crippen molar-refractivity contribution in [2.24, 2.45) is 5.41 Å². The number of hydrogen-bond donors (Lipinski definition) is 1. The number of ether oxygens (including phenoxy) is 5. The molecule has 2 aromatic heterocycles. The van der Waals surface area contributed by atoms with E-state index in [0.29, 0.717) is 37.2 Å². The minimum absolute atomic E-state index is 0.00620. The number of anilines is 2. The Kier molecular flexibility index (Phi) is 11.5. The molecule has 1 saturated carbocycles. The van der Waals surface area contributed by atoms with E-state index < -0.39 is 69.9 Å². The highest BCUT2D eigenvalue weighted by Gasteiger charge is 2.54. The smallest absolute Gasteiger partial charge is 0.417 e. The van der Waals surface area contributed by atoms with Crippen LogP contribution in [-0.4, -0.2) is 90.4 Å². The predicted molar refractivity (Wildman–Crippen MR) is 230 cm³/mol. The van der Waals surface area contributed by atoms with Crippen LogP contribution in [-0.2, 0) is 31.7 Å². The van der Waals surface area contributed by atoms with Crippen molar-refractivity contribution in [1.29, 1.82) is 5.26 Å². The number of halogens is 5. The van der Waals surface area contributed by atoms with Gasteiger partial charge in [0, 0.05) is 41.4 Å². The molecule has 4 saturated heterocycles. The minimum atomic E-state index is -5.20. The second-order valence-corrected chi connectivity index (χ2v) is 19.1. The van der Waals surface area contributed by atoms with E-state index in [2.05, 4.69) is 10.3 Å². The largest absolute Gasteiger partial charge is 0.463 e. The normalized spacial score (nSPS) is 22.2. The van der Waals surface area contributed by atoms with Gasteiger partial charge in [-0.3, -0.25) is 5.32 Å². The molecule has 0 radical (unpaired) electrons. The lowest BCUT2D eigenvalue weighted by molar-refractivity contribution is -0.137. The molecule has 1 N–H and O–H groups in total. The van der Waals surface area contributed by atoms with Gasteiger partial charge in [0.25, 0.3) is 0 Å². The van der Waals surface area contributed by atoms with Crippen molar-refractivity contribution in [1.82, 2.24) is 14.9 Å². The molecule has 0 spiro atoms. The first-order valence-electron chi connectivity index (χ1n) is 21.2. The molecule has 65 heavy (non-hydrogen) atoms. The molecular formula is C46H45F5N6O7S. The number of fused-ring (bicyclic) bond motifs is 5. The fourth-order valence-electron chi connectivity index (χ4n) is 9.73. The third-order valence-electron chi connectivity index (χ3n) is 12.6. The molecule has 6 heterocycles. The van der Waals surface area contributed by atoms with Crippen molar-refractivity contribution in [3.8, 4) is 23.2 Å². The molecular weight excluding hydrogens is 876 g/mol. The number of aromatic nitrogens is 2. The van der Waals surface area contributed by atoms with Gasteiger partial charge in [0.15, 0.2) is 5.82 Å². The first kappa shape index (κ1) is 44.4. The molecule has 3 aromatic carbocycles. The number of alkyl halides is 3. The standard InChI is InChI=1S/C46H45F5N6O7S/c1-44(2,3)64-42(58)55-40-29(20-52)34-27(11-12-31(47)38(34)65-40)35-30(46(49,50)51)17-28-37(36(35)48)53-41(63-23-45-18-26(19-45)62-22-45)54-39(28)57-25-10-13-32(57)33(16-25)56(14-15-60-4)43(59)61-21-24-8-6-5-7-9-24/h5-9,11-12,17,25-26,32-33H,10,13-16,18-19,21-23H2,1-4H3,(H,55,58)/t25-,26?,32+,33?,45?/m1/s1. The zero-order valence-corrected chi connectivity index (χ0v) is 36.7. The van der Waals surface area contributed by atoms with E-state index in [-0.39, 0.29) is 81.8 Å². The van der Waals surface area contributed by atoms with Crippen LogP contribution in [0.25, 0.3) is 32.1 Å². The summed E-state index contributed by atoms with van der Waals surface area (Å²) in [5.41, 5.74) is -4.24. The summed E-state index contributed by atoms with van der Waals surface area (Å²) in [6, 6.07) is 12.1. The Morgan fingerprint density at radius 3 is 2.54 bits per heavy atom. The van der Waals surface area contributed by atoms with E-state index in [1.165, 1.54) is 7.11 Å². The Bertz CT molecular complexity index is 2710. The lowest BCUT2D eigenvalue weighted by Crippen LogP contribution is -2.49. The molecule has 5 aliphatic rings. The number of nitrogens with one attached hydrogen (secondary N) is 1. The Balaban J connectivity index is 1.17. The topological polar surface area (TPSA) is 148 Å². The highest BCUT2D eigenvalue weighted by molar-refractivity contribution is 7.23. The van der Waals surface area contributed by atoms with Crippen molar-refractivity contribution in [3.63, 3.8) is 0 Å². The first-order chi connectivity index (χ1) is 31.0. The summed E-state index contributed by atoms with van der Waals surface area (Å²) in [6.07, 6.45) is -3.65. The van der Waals surface area contributed by atoms with Gasteiger partial charge in [0.05, 0.1) is 53.8 Å². The number of methoxy groups -OCH3 is 1. The molecule has 5 aromatic rings. The lowest BCUT2D eigenvalue weighted by atomic mass is 9.71. The first-order valence-corrected chi connectivity index (χ1v) is 22.0. The molecule has 1 aliphatic carbocycles. The fourth-order valence-corrected chi connectivity index (χ4v) is 10.8. The van der Waals surface area contributed by atoms with Gasteiger partial charge in [-0.05, 0) is 76.1 Å². The van der Waals surface area contributed by atoms with Gasteiger partial charge in [-0.1, -0.05) is 36.4 Å². The van der Waals surface area contributed by atoms with E-state index in [1.807, 2.05) is 41.3 Å². The summed E-state index contributed by atoms with van der Waals surface area (Å²) in [6.45, 7) is 5.74. The van der Waals surface area contributed by atoms with E-state index in [4.69, 9.17) is 28.7 Å². The molecule has 4 aliphatic heterocycles. The maximum Gasteiger partial charge on any atom is 0.417 e. The summed E-state index contributed by atoms with van der Waals surface area (Å²) in [7, 11) is 1.51. The van der Waals surface area contributed by atoms with E-state index >= 15 is 22.0 Å². The monoisotopic (exact) mass is 920 g/mol. The van der Waals surface area contributed by atoms with Gasteiger partial charge in [-0.25, -0.2) is 18.4 Å². The van der Waals surface area contributed by atoms with Gasteiger partial charge >= 0.3 is 24.4 Å². The van der Waals surface area contributed by atoms with Crippen molar-refractivity contribution < 1.29 is 55.2 Å². The summed E-state index contributed by atoms with van der Waals surface area (Å²) >= 11 is 0.603. The molecule has 5 fully saturated rings. The average Bonchev–Trinajstić information content (AvgIpc) is 4.09. The summed E-state index contributed by atoms with van der Waals surface area (Å²) < 4.78 is 108. The molecule has 1 unspecified atom stereocenters. The van der Waals surface area contributed by atoms with Crippen molar-refractivity contribution >= 4 is 55.3 Å². The van der Waals surface area contributed by atoms with Crippen LogP contribution < -0.4 is 15.0 Å². The van der Waals surface area contributed by atoms with Crippen LogP contribution in [0.1, 0.15) is 69.6 Å². The number of rotatable bonds is 12. The third kappa shape index (κ3) is 8.36. The predicted octanol–water partition coefficient (Wildman–Crippen LogP) is 9.98. The van der Waals surface area contributed by atoms with Gasteiger partial charge in [0.1, 0.15) is 40.4 Å². The van der Waals surface area contributed by atoms with Gasteiger partial charge in [-0.15, -0.1) is 11.3 Å². The minimum Gasteiger partial charge on any atom is -0.463 e. The molecule has 19 heteroatoms. The Morgan fingerprint density at radius 2 is 1.86 bits per heavy atom. The van der Waals surface area contributed by atoms with E-state index in [0.717, 1.165) is 36.6 Å². The average molecular weight is 921 g/mol. The number of nitriles is 1. The van der Waals surface area contributed by atoms with Crippen molar-refractivity contribution in [2.45, 2.75) is 95.5 Å². The lowest BCUT2D eigenvalue weighted by Gasteiger charge is -2.35. The van der Waals surface area contributed by atoms with Gasteiger partial charge in [0.2, 0.25) is 0 Å². The van der Waals surface area contributed by atoms with Gasteiger partial charge in [-0.2, -0.15) is 28.4 Å². The second-order valence-electron chi connectivity index (χ2n) is 18.0. The molecule has 4 bridgehead atoms. The summed E-state index contributed by atoms with van der Waals surface area (Å²) in [5.74, 6) is -2.32. The zero-order valence-electron chi connectivity index (χ0n) is 35.9. The van der Waals surface area contributed by atoms with Gasteiger partial charge < -0.3 is 33.5 Å². The van der Waals surface area contributed by atoms with Crippen LogP contribution >= 0.6 is 11.3 Å². The number of nitrogens with zero attached hydrogens (tertiary/aromatic N) is 5. The molecule has 3 atom stereocenters. The quantitative estimate of drug-likeness (QED) is 0.119. The molecule has 13 nitrogen and oxygen atoms in total. The van der Waals surface area contributed by atoms with Crippen LogP contribution in [0.4, 0.5) is 42.4 Å². The number of carbonyl (C=O) groups excluding carboxylic acids is 2. The second kappa shape index (κ2) is 16.9. The van der Waals surface area contributed by atoms with Crippen molar-refractivity contribution in [3.05, 3.63) is 76.9 Å². The maximum absolute atomic E-state index is 17.7. The zero-order chi connectivity index (χ0) is 46.0. The molecule has 10 rings (SSSR count). The SMILES string of the molecule is COCCN(C(=O)OCc1ccccc1)C1C[C@H]2CC[C@@H]1N2c1nc(OCC23COC(C2)C3)nc2c(F)c(-c3ccc(F)c4sc(NC(=O)OC(C)(C)C)c(C#N)c34)c(C(F)(F)F)cc12. The number of thiophene rings is 1. The van der Waals surface area contributed by atoms with E-state index in [1.54, 1.807) is 25.7 Å². The Hall–Kier alpha value is -5.84. The fraction of sp³-hybridized carbons (Fsp3) is 0.457. The van der Waals surface area contributed by atoms with Crippen LogP contribution in [0.5, 0.6) is 6.01 Å². The van der Waals surface area contributed by atoms with Crippen molar-refractivity contribution in [2.75, 3.05) is 43.7 Å². The number of carbonyl (C=O) groups is 2. The van der Waals surface area contributed by atoms with E-state index in [9.17, 15) is 14.9 Å². The van der Waals surface area contributed by atoms with Crippen LogP contribution in [0.3, 0.4) is 0 Å². The Labute approximate surface area is 374 Å². The highest BCUT2D eigenvalue weighted by Crippen LogP contribution is 2.52. The van der Waals surface area contributed by atoms with Crippen LogP contribution in [0.2, 0.25) is 0 Å². The summed E-state index contributed by atoms with van der Waals surface area (Å²) in [4.78, 5) is 39.2.